The number of rotatable bonds is 7. The summed E-state index contributed by atoms with van der Waals surface area (Å²) in [5.74, 6) is -0.222. The quantitative estimate of drug-likeness (QED) is 0.578. The molecule has 7 heteroatoms. The number of carbonyl (C=O) groups excluding carboxylic acids is 1. The molecule has 1 amide bonds. The number of halogens is 1. The summed E-state index contributed by atoms with van der Waals surface area (Å²) in [6.45, 7) is 6.43. The largest absolute Gasteiger partial charge is 0.494 e. The molecule has 0 unspecified atom stereocenters. The Kier molecular flexibility index (Phi) is 6.03. The van der Waals surface area contributed by atoms with Crippen molar-refractivity contribution in [2.45, 2.75) is 13.5 Å². The Balaban J connectivity index is 1.89. The first-order valence-electron chi connectivity index (χ1n) is 8.44. The van der Waals surface area contributed by atoms with Crippen LogP contribution < -0.4 is 14.3 Å². The van der Waals surface area contributed by atoms with E-state index in [1.54, 1.807) is 18.2 Å². The maximum absolute atomic E-state index is 13.6. The van der Waals surface area contributed by atoms with Crippen LogP contribution in [0.3, 0.4) is 0 Å². The lowest BCUT2D eigenvalue weighted by molar-refractivity contribution is -0.120. The van der Waals surface area contributed by atoms with Crippen molar-refractivity contribution < 1.29 is 18.7 Å². The molecule has 5 nitrogen and oxygen atoms in total. The monoisotopic (exact) mass is 386 g/mol. The van der Waals surface area contributed by atoms with Gasteiger partial charge in [0.05, 0.1) is 16.8 Å². The van der Waals surface area contributed by atoms with Gasteiger partial charge in [-0.3, -0.25) is 4.79 Å². The van der Waals surface area contributed by atoms with Crippen LogP contribution in [0.1, 0.15) is 6.92 Å². The zero-order valence-electron chi connectivity index (χ0n) is 14.9. The van der Waals surface area contributed by atoms with Gasteiger partial charge in [-0.25, -0.2) is 4.39 Å². The lowest BCUT2D eigenvalue weighted by Crippen LogP contribution is -2.19. The van der Waals surface area contributed by atoms with E-state index >= 15 is 0 Å². The van der Waals surface area contributed by atoms with E-state index in [0.717, 1.165) is 16.0 Å². The van der Waals surface area contributed by atoms with Crippen LogP contribution in [0.15, 0.2) is 60.1 Å². The van der Waals surface area contributed by atoms with Crippen molar-refractivity contribution in [1.29, 1.82) is 0 Å². The van der Waals surface area contributed by atoms with Crippen LogP contribution in [0, 0.1) is 5.82 Å². The summed E-state index contributed by atoms with van der Waals surface area (Å²) in [5.41, 5.74) is 0.935. The Labute approximate surface area is 160 Å². The molecule has 140 valence electrons. The second kappa shape index (κ2) is 8.64. The first-order valence-corrected chi connectivity index (χ1v) is 9.26. The van der Waals surface area contributed by atoms with Crippen molar-refractivity contribution in [3.8, 4) is 11.5 Å². The van der Waals surface area contributed by atoms with Crippen LogP contribution in [0.25, 0.3) is 10.2 Å². The minimum Gasteiger partial charge on any atom is -0.494 e. The summed E-state index contributed by atoms with van der Waals surface area (Å²) in [4.78, 5) is 16.9. The molecule has 3 rings (SSSR count). The van der Waals surface area contributed by atoms with E-state index in [1.807, 2.05) is 29.7 Å². The Morgan fingerprint density at radius 3 is 2.85 bits per heavy atom. The molecular formula is C20H19FN2O3S. The molecule has 0 saturated carbocycles. The van der Waals surface area contributed by atoms with Crippen molar-refractivity contribution in [1.82, 2.24) is 4.57 Å². The zero-order valence-corrected chi connectivity index (χ0v) is 15.7. The molecule has 0 radical (unpaired) electrons. The molecule has 1 heterocycles. The minimum atomic E-state index is -0.516. The number of thiazole rings is 1. The number of carbonyl (C=O) groups is 1. The van der Waals surface area contributed by atoms with Crippen LogP contribution in [-0.4, -0.2) is 23.7 Å². The third kappa shape index (κ3) is 4.43. The zero-order chi connectivity index (χ0) is 19.2. The van der Waals surface area contributed by atoms with E-state index in [-0.39, 0.29) is 12.4 Å². The van der Waals surface area contributed by atoms with Gasteiger partial charge in [0.2, 0.25) is 0 Å². The average Bonchev–Trinajstić information content (AvgIpc) is 2.98. The number of hydrogen-bond acceptors (Lipinski definition) is 4. The summed E-state index contributed by atoms with van der Waals surface area (Å²) < 4.78 is 27.2. The highest BCUT2D eigenvalue weighted by molar-refractivity contribution is 7.16. The standard InChI is InChI=1S/C20H19FN2O3S/c1-3-11-23-16-10-9-14(25-4-2)12-18(16)27-20(23)22-19(24)13-26-17-8-6-5-7-15(17)21/h3,5-10,12H,1,4,11,13H2,2H3. The van der Waals surface area contributed by atoms with Gasteiger partial charge in [0, 0.05) is 6.54 Å². The molecule has 0 fully saturated rings. The van der Waals surface area contributed by atoms with Gasteiger partial charge >= 0.3 is 0 Å². The third-order valence-electron chi connectivity index (χ3n) is 3.69. The minimum absolute atomic E-state index is 0.0257. The lowest BCUT2D eigenvalue weighted by Gasteiger charge is -2.05. The summed E-state index contributed by atoms with van der Waals surface area (Å²) in [6, 6.07) is 11.7. The number of ether oxygens (including phenoxy) is 2. The van der Waals surface area contributed by atoms with Crippen molar-refractivity contribution in [2.24, 2.45) is 4.99 Å². The van der Waals surface area contributed by atoms with E-state index in [9.17, 15) is 9.18 Å². The van der Waals surface area contributed by atoms with Crippen molar-refractivity contribution >= 4 is 27.5 Å². The maximum atomic E-state index is 13.6. The molecule has 0 aliphatic carbocycles. The predicted molar refractivity (Wildman–Crippen MR) is 104 cm³/mol. The highest BCUT2D eigenvalue weighted by atomic mass is 32.1. The predicted octanol–water partition coefficient (Wildman–Crippen LogP) is 3.93. The van der Waals surface area contributed by atoms with Gasteiger partial charge in [0.15, 0.2) is 23.0 Å². The fourth-order valence-corrected chi connectivity index (χ4v) is 3.63. The van der Waals surface area contributed by atoms with Gasteiger partial charge in [-0.2, -0.15) is 4.99 Å². The molecule has 3 aromatic rings. The second-order valence-electron chi connectivity index (χ2n) is 5.57. The fourth-order valence-electron chi connectivity index (χ4n) is 2.54. The van der Waals surface area contributed by atoms with Gasteiger partial charge in [0.25, 0.3) is 5.91 Å². The Morgan fingerprint density at radius 2 is 2.11 bits per heavy atom. The first kappa shape index (κ1) is 18.8. The van der Waals surface area contributed by atoms with Crippen molar-refractivity contribution in [2.75, 3.05) is 13.2 Å². The lowest BCUT2D eigenvalue weighted by atomic mass is 10.3. The number of allylic oxidation sites excluding steroid dienone is 1. The van der Waals surface area contributed by atoms with Crippen LogP contribution in [0.5, 0.6) is 11.5 Å². The van der Waals surface area contributed by atoms with E-state index in [4.69, 9.17) is 9.47 Å². The molecule has 0 saturated heterocycles. The van der Waals surface area contributed by atoms with Crippen LogP contribution in [0.2, 0.25) is 0 Å². The molecule has 27 heavy (non-hydrogen) atoms. The summed E-state index contributed by atoms with van der Waals surface area (Å²) in [7, 11) is 0. The van der Waals surface area contributed by atoms with Gasteiger partial charge in [-0.1, -0.05) is 29.5 Å². The van der Waals surface area contributed by atoms with E-state index in [0.29, 0.717) is 18.0 Å². The van der Waals surface area contributed by atoms with E-state index in [1.165, 1.54) is 23.5 Å². The Hall–Kier alpha value is -2.93. The molecule has 0 N–H and O–H groups in total. The molecule has 0 aliphatic heterocycles. The highest BCUT2D eigenvalue weighted by Crippen LogP contribution is 2.23. The van der Waals surface area contributed by atoms with Crippen LogP contribution in [-0.2, 0) is 11.3 Å². The highest BCUT2D eigenvalue weighted by Gasteiger charge is 2.10. The number of aromatic nitrogens is 1. The molecule has 1 aromatic heterocycles. The first-order chi connectivity index (χ1) is 13.1. The van der Waals surface area contributed by atoms with E-state index in [2.05, 4.69) is 11.6 Å². The molecule has 0 aliphatic rings. The number of fused-ring (bicyclic) bond motifs is 1. The second-order valence-corrected chi connectivity index (χ2v) is 6.58. The Bertz CT molecular complexity index is 1040. The maximum Gasteiger partial charge on any atom is 0.286 e. The topological polar surface area (TPSA) is 52.8 Å². The molecular weight excluding hydrogens is 367 g/mol. The number of hydrogen-bond donors (Lipinski definition) is 0. The summed E-state index contributed by atoms with van der Waals surface area (Å²) >= 11 is 1.38. The van der Waals surface area contributed by atoms with Gasteiger partial charge in [-0.15, -0.1) is 6.58 Å². The van der Waals surface area contributed by atoms with Crippen molar-refractivity contribution in [3.05, 3.63) is 65.7 Å². The molecule has 2 aromatic carbocycles. The van der Waals surface area contributed by atoms with Gasteiger partial charge in [0.1, 0.15) is 5.75 Å². The van der Waals surface area contributed by atoms with Crippen LogP contribution in [0.4, 0.5) is 4.39 Å². The number of para-hydroxylation sites is 1. The van der Waals surface area contributed by atoms with Gasteiger partial charge < -0.3 is 14.0 Å². The summed E-state index contributed by atoms with van der Waals surface area (Å²) in [5, 5.41) is 0. The van der Waals surface area contributed by atoms with E-state index < -0.39 is 11.7 Å². The molecule has 0 spiro atoms. The van der Waals surface area contributed by atoms with Crippen LogP contribution >= 0.6 is 11.3 Å². The number of benzene rings is 2. The molecule has 0 bridgehead atoms. The number of amides is 1. The Morgan fingerprint density at radius 1 is 1.30 bits per heavy atom. The smallest absolute Gasteiger partial charge is 0.286 e. The number of nitrogens with zero attached hydrogens (tertiary/aromatic N) is 2. The van der Waals surface area contributed by atoms with Crippen molar-refractivity contribution in [3.63, 3.8) is 0 Å². The molecule has 0 atom stereocenters. The summed E-state index contributed by atoms with van der Waals surface area (Å²) in [6.07, 6.45) is 1.74. The normalized spacial score (nSPS) is 11.6. The third-order valence-corrected chi connectivity index (χ3v) is 4.73. The SMILES string of the molecule is C=CCn1c(=NC(=O)COc2ccccc2F)sc2cc(OCC)ccc21. The van der Waals surface area contributed by atoms with Gasteiger partial charge in [-0.05, 0) is 37.3 Å². The fraction of sp³-hybridized carbons (Fsp3) is 0.200. The average molecular weight is 386 g/mol.